The van der Waals surface area contributed by atoms with E-state index in [0.717, 1.165) is 91.6 Å². The number of hydrogen-bond donors (Lipinski definition) is 1. The third kappa shape index (κ3) is 5.11. The Morgan fingerprint density at radius 2 is 1.85 bits per heavy atom. The Kier molecular flexibility index (Phi) is 7.19. The quantitative estimate of drug-likeness (QED) is 0.246. The molecule has 0 radical (unpaired) electrons. The highest BCUT2D eigenvalue weighted by Crippen LogP contribution is 2.41. The molecule has 5 aromatic rings. The van der Waals surface area contributed by atoms with E-state index in [1.54, 1.807) is 6.07 Å². The molecule has 2 fully saturated rings. The zero-order valence-corrected chi connectivity index (χ0v) is 27.3. The van der Waals surface area contributed by atoms with Crippen LogP contribution in [0.15, 0.2) is 52.9 Å². The number of nitrogens with one attached hydrogen (secondary N) is 1. The number of ether oxygens (including phenoxy) is 1. The van der Waals surface area contributed by atoms with E-state index >= 15 is 0 Å². The van der Waals surface area contributed by atoms with Gasteiger partial charge in [-0.3, -0.25) is 9.69 Å². The maximum atomic E-state index is 13.4. The molecule has 0 aliphatic carbocycles. The van der Waals surface area contributed by atoms with Gasteiger partial charge in [-0.2, -0.15) is 5.26 Å². The number of halogens is 1. The van der Waals surface area contributed by atoms with Crippen LogP contribution in [-0.2, 0) is 31.3 Å². The second-order valence-corrected chi connectivity index (χ2v) is 13.6. The summed E-state index contributed by atoms with van der Waals surface area (Å²) in [7, 11) is 3.94. The number of nitrogens with zero attached hydrogens (tertiary/aromatic N) is 6. The summed E-state index contributed by atoms with van der Waals surface area (Å²) in [5.74, 6) is 0.494. The van der Waals surface area contributed by atoms with Crippen LogP contribution in [0.4, 0.5) is 5.69 Å². The van der Waals surface area contributed by atoms with Crippen LogP contribution in [-0.4, -0.2) is 70.1 Å². The monoisotopic (exact) mass is 647 g/mol. The van der Waals surface area contributed by atoms with E-state index < -0.39 is 0 Å². The van der Waals surface area contributed by atoms with E-state index in [1.165, 1.54) is 0 Å². The number of likely N-dealkylation sites (N-methyl/N-ethyl adjacent to an activating group) is 1. The Morgan fingerprint density at radius 3 is 2.62 bits per heavy atom. The summed E-state index contributed by atoms with van der Waals surface area (Å²) >= 11 is 6.98. The molecule has 2 saturated heterocycles. The number of fused-ring (bicyclic) bond motifs is 2. The minimum absolute atomic E-state index is 0.307. The highest BCUT2D eigenvalue weighted by Gasteiger charge is 2.48. The second-order valence-electron chi connectivity index (χ2n) is 13.2. The van der Waals surface area contributed by atoms with E-state index in [0.29, 0.717) is 44.5 Å². The molecule has 0 bridgehead atoms. The lowest BCUT2D eigenvalue weighted by atomic mass is 9.78. The van der Waals surface area contributed by atoms with Crippen LogP contribution in [0.3, 0.4) is 0 Å². The van der Waals surface area contributed by atoms with Gasteiger partial charge in [0, 0.05) is 68.4 Å². The predicted molar refractivity (Wildman–Crippen MR) is 179 cm³/mol. The predicted octanol–water partition coefficient (Wildman–Crippen LogP) is 5.80. The molecule has 0 atom stereocenters. The number of imidazole rings is 1. The lowest BCUT2D eigenvalue weighted by molar-refractivity contribution is -0.191. The Hall–Kier alpha value is -4.53. The molecule has 5 heterocycles. The number of hydrogen-bond acceptors (Lipinski definition) is 8. The number of rotatable bonds is 6. The van der Waals surface area contributed by atoms with E-state index in [1.807, 2.05) is 61.0 Å². The lowest BCUT2D eigenvalue weighted by Crippen LogP contribution is -2.65. The molecule has 8 rings (SSSR count). The van der Waals surface area contributed by atoms with Crippen molar-refractivity contribution in [2.75, 3.05) is 45.2 Å². The maximum absolute atomic E-state index is 13.4. The van der Waals surface area contributed by atoms with Gasteiger partial charge in [0.2, 0.25) is 5.89 Å². The number of benzene rings is 3. The van der Waals surface area contributed by atoms with Crippen LogP contribution in [0.25, 0.3) is 33.7 Å². The summed E-state index contributed by atoms with van der Waals surface area (Å²) < 4.78 is 13.5. The Morgan fingerprint density at radius 1 is 1.09 bits per heavy atom. The number of aromatic nitrogens is 3. The molecule has 1 amide bonds. The van der Waals surface area contributed by atoms with Gasteiger partial charge in [0.15, 0.2) is 11.4 Å². The van der Waals surface area contributed by atoms with Gasteiger partial charge in [-0.1, -0.05) is 35.9 Å². The summed E-state index contributed by atoms with van der Waals surface area (Å²) in [4.78, 5) is 27.5. The van der Waals surface area contributed by atoms with Crippen molar-refractivity contribution in [3.8, 4) is 28.7 Å². The van der Waals surface area contributed by atoms with Gasteiger partial charge in [-0.25, -0.2) is 9.97 Å². The molecule has 0 unspecified atom stereocenters. The van der Waals surface area contributed by atoms with Gasteiger partial charge in [-0.15, -0.1) is 0 Å². The number of carbonyl (C=O) groups excluding carboxylic acids is 1. The van der Waals surface area contributed by atoms with Crippen molar-refractivity contribution in [1.82, 2.24) is 24.3 Å². The van der Waals surface area contributed by atoms with Gasteiger partial charge < -0.3 is 23.9 Å². The fraction of sp³-hybridized carbons (Fsp3) is 0.333. The summed E-state index contributed by atoms with van der Waals surface area (Å²) in [6.45, 7) is 8.11. The molecule has 47 heavy (non-hydrogen) atoms. The zero-order valence-electron chi connectivity index (χ0n) is 26.6. The molecule has 3 aliphatic heterocycles. The van der Waals surface area contributed by atoms with E-state index in [4.69, 9.17) is 25.7 Å². The van der Waals surface area contributed by atoms with Crippen molar-refractivity contribution < 1.29 is 13.9 Å². The van der Waals surface area contributed by atoms with Crippen molar-refractivity contribution in [1.29, 1.82) is 5.26 Å². The summed E-state index contributed by atoms with van der Waals surface area (Å²) in [6, 6.07) is 17.7. The fourth-order valence-corrected chi connectivity index (χ4v) is 7.54. The molecule has 3 aliphatic rings. The maximum Gasteiger partial charge on any atom is 0.291 e. The third-order valence-corrected chi connectivity index (χ3v) is 10.2. The molecule has 1 N–H and O–H groups in total. The SMILES string of the molecule is Cc1c(-c2nc3cc(CN4CC5(COC5)C4)cc(C#N)c3o2)cccc1-c1cccc(NC(=O)c2nc3c(n2C)CCN(C)C3)c1Cl. The number of carbonyl (C=O) groups is 1. The smallest absolute Gasteiger partial charge is 0.291 e. The Balaban J connectivity index is 1.07. The first-order chi connectivity index (χ1) is 22.7. The largest absolute Gasteiger partial charge is 0.435 e. The topological polar surface area (TPSA) is 112 Å². The van der Waals surface area contributed by atoms with Crippen molar-refractivity contribution in [2.24, 2.45) is 12.5 Å². The summed E-state index contributed by atoms with van der Waals surface area (Å²) in [6.07, 6.45) is 0.850. The summed E-state index contributed by atoms with van der Waals surface area (Å²) in [5.41, 5.74) is 8.87. The van der Waals surface area contributed by atoms with Gasteiger partial charge in [-0.05, 0) is 54.9 Å². The number of nitriles is 1. The number of anilines is 1. The molecule has 11 heteroatoms. The van der Waals surface area contributed by atoms with Gasteiger partial charge in [0.25, 0.3) is 5.91 Å². The number of oxazole rings is 1. The average molecular weight is 648 g/mol. The van der Waals surface area contributed by atoms with Crippen molar-refractivity contribution in [3.05, 3.63) is 87.5 Å². The van der Waals surface area contributed by atoms with Gasteiger partial charge in [0.1, 0.15) is 11.6 Å². The van der Waals surface area contributed by atoms with Crippen molar-refractivity contribution in [3.63, 3.8) is 0 Å². The van der Waals surface area contributed by atoms with Crippen LogP contribution in [0.1, 0.15) is 38.7 Å². The fourth-order valence-electron chi connectivity index (χ4n) is 7.26. The van der Waals surface area contributed by atoms with Gasteiger partial charge >= 0.3 is 0 Å². The minimum atomic E-state index is -0.307. The second kappa shape index (κ2) is 11.3. The standard InChI is InChI=1S/C36H34ClN7O3/c1-21-24(26-8-5-9-27(31(26)37)40-34(45)33-39-29-16-42(2)11-10-30(29)43(33)3)6-4-7-25(21)35-41-28-13-22(12-23(14-38)32(28)47-35)15-44-17-36(18-44)19-46-20-36/h4-9,12-13H,10-11,15-20H2,1-3H3,(H,40,45). The highest BCUT2D eigenvalue weighted by molar-refractivity contribution is 6.36. The van der Waals surface area contributed by atoms with Crippen LogP contribution >= 0.6 is 11.6 Å². The molecule has 3 aromatic carbocycles. The molecule has 2 aromatic heterocycles. The molecular weight excluding hydrogens is 614 g/mol. The first kappa shape index (κ1) is 29.8. The van der Waals surface area contributed by atoms with Crippen molar-refractivity contribution in [2.45, 2.75) is 26.4 Å². The minimum Gasteiger partial charge on any atom is -0.435 e. The van der Waals surface area contributed by atoms with Crippen LogP contribution in [0.5, 0.6) is 0 Å². The number of amides is 1. The molecular formula is C36H34ClN7O3. The van der Waals surface area contributed by atoms with Crippen LogP contribution in [0, 0.1) is 23.7 Å². The highest BCUT2D eigenvalue weighted by atomic mass is 35.5. The molecule has 10 nitrogen and oxygen atoms in total. The number of likely N-dealkylation sites (tertiary alicyclic amines) is 1. The first-order valence-corrected chi connectivity index (χ1v) is 16.2. The van der Waals surface area contributed by atoms with Gasteiger partial charge in [0.05, 0.1) is 35.2 Å². The van der Waals surface area contributed by atoms with E-state index in [2.05, 4.69) is 33.2 Å². The zero-order chi connectivity index (χ0) is 32.4. The van der Waals surface area contributed by atoms with E-state index in [-0.39, 0.29) is 5.91 Å². The molecule has 238 valence electrons. The normalized spacial score (nSPS) is 17.3. The third-order valence-electron chi connectivity index (χ3n) is 9.76. The Labute approximate surface area is 277 Å². The van der Waals surface area contributed by atoms with Crippen LogP contribution in [0.2, 0.25) is 5.02 Å². The first-order valence-electron chi connectivity index (χ1n) is 15.8. The summed E-state index contributed by atoms with van der Waals surface area (Å²) in [5, 5.41) is 13.4. The lowest BCUT2D eigenvalue weighted by Gasteiger charge is -2.55. The van der Waals surface area contributed by atoms with Crippen molar-refractivity contribution >= 4 is 34.3 Å². The Bertz CT molecular complexity index is 2120. The van der Waals surface area contributed by atoms with Crippen LogP contribution < -0.4 is 5.32 Å². The molecule has 0 saturated carbocycles. The van der Waals surface area contributed by atoms with E-state index in [9.17, 15) is 10.1 Å². The molecule has 1 spiro atoms. The average Bonchev–Trinajstić information content (AvgIpc) is 3.59.